The summed E-state index contributed by atoms with van der Waals surface area (Å²) in [4.78, 5) is 29.5. The van der Waals surface area contributed by atoms with E-state index < -0.39 is 12.3 Å². The van der Waals surface area contributed by atoms with E-state index in [2.05, 4.69) is 36.4 Å². The minimum absolute atomic E-state index is 0.00800. The van der Waals surface area contributed by atoms with E-state index in [-0.39, 0.29) is 11.5 Å². The molecule has 3 aliphatic rings. The highest BCUT2D eigenvalue weighted by Crippen LogP contribution is 2.44. The highest BCUT2D eigenvalue weighted by atomic mass is 19.3. The van der Waals surface area contributed by atoms with E-state index in [4.69, 9.17) is 19.2 Å². The number of aromatic nitrogens is 5. The van der Waals surface area contributed by atoms with E-state index in [1.54, 1.807) is 32.5 Å². The first-order valence-corrected chi connectivity index (χ1v) is 18.9. The van der Waals surface area contributed by atoms with Crippen LogP contribution in [0.1, 0.15) is 86.6 Å². The van der Waals surface area contributed by atoms with E-state index in [0.29, 0.717) is 40.0 Å². The number of likely N-dealkylation sites (N-methyl/N-ethyl adjacent to an activating group) is 1. The van der Waals surface area contributed by atoms with Crippen molar-refractivity contribution in [3.8, 4) is 22.5 Å². The van der Waals surface area contributed by atoms with Crippen molar-refractivity contribution in [3.63, 3.8) is 0 Å². The molecule has 3 aliphatic heterocycles. The standard InChI is InChI=1S/C37H41F2N7O3.C2H6O.C2H4O/c1-22(2)29(21-47)34-18-30(42-49-34)33-19-40-35-16-23(6-12-44(33)35)26-15-24-5-4-10-45(32(24)17-27(26)36(38)39)37-28-20-43(3)11-7-31(28)46(41-37)25-8-13-48-14-9-25;1-3-2;1-2-3/h6,12,15-19,21-22,25,29,36H,4-5,7-11,13-14,20H2,1-3H3;1-2H3;2H,1H3. The highest BCUT2D eigenvalue weighted by Gasteiger charge is 2.33. The van der Waals surface area contributed by atoms with Crippen molar-refractivity contribution in [2.24, 2.45) is 5.92 Å². The first-order chi connectivity index (χ1) is 26.6. The Bertz CT molecular complexity index is 2080. The number of pyridine rings is 1. The van der Waals surface area contributed by atoms with Gasteiger partial charge in [0.05, 0.1) is 23.9 Å². The molecule has 0 radical (unpaired) electrons. The second-order valence-corrected chi connectivity index (χ2v) is 14.6. The largest absolute Gasteiger partial charge is 0.388 e. The van der Waals surface area contributed by atoms with Gasteiger partial charge in [-0.15, -0.1) is 0 Å². The number of fused-ring (bicyclic) bond motifs is 3. The molecule has 1 atom stereocenters. The van der Waals surface area contributed by atoms with Crippen LogP contribution in [0, 0.1) is 5.92 Å². The van der Waals surface area contributed by atoms with Crippen molar-refractivity contribution in [2.75, 3.05) is 52.5 Å². The van der Waals surface area contributed by atoms with E-state index in [1.807, 2.05) is 42.6 Å². The smallest absolute Gasteiger partial charge is 0.264 e. The van der Waals surface area contributed by atoms with Crippen molar-refractivity contribution in [2.45, 2.75) is 77.8 Å². The Balaban J connectivity index is 0.000000807. The predicted molar refractivity (Wildman–Crippen MR) is 206 cm³/mol. The summed E-state index contributed by atoms with van der Waals surface area (Å²) in [5.74, 6) is 1.07. The number of aryl methyl sites for hydroxylation is 1. The molecule has 4 aromatic heterocycles. The van der Waals surface area contributed by atoms with E-state index >= 15 is 0 Å². The summed E-state index contributed by atoms with van der Waals surface area (Å²) in [5, 5.41) is 9.45. The van der Waals surface area contributed by atoms with Crippen LogP contribution in [0.3, 0.4) is 0 Å². The quantitative estimate of drug-likeness (QED) is 0.146. The zero-order valence-electron chi connectivity index (χ0n) is 32.5. The summed E-state index contributed by atoms with van der Waals surface area (Å²) in [6.07, 6.45) is 6.95. The average molecular weight is 760 g/mol. The van der Waals surface area contributed by atoms with Gasteiger partial charge in [-0.2, -0.15) is 5.10 Å². The van der Waals surface area contributed by atoms with Gasteiger partial charge < -0.3 is 33.4 Å². The van der Waals surface area contributed by atoms with Crippen LogP contribution in [0.5, 0.6) is 0 Å². The molecule has 7 heterocycles. The number of benzene rings is 1. The van der Waals surface area contributed by atoms with Gasteiger partial charge >= 0.3 is 0 Å². The van der Waals surface area contributed by atoms with Crippen LogP contribution in [-0.4, -0.2) is 89.4 Å². The number of aldehydes is 2. The van der Waals surface area contributed by atoms with Crippen molar-refractivity contribution in [3.05, 3.63) is 70.9 Å². The zero-order valence-corrected chi connectivity index (χ0v) is 32.5. The molecule has 1 saturated heterocycles. The van der Waals surface area contributed by atoms with E-state index in [1.165, 1.54) is 18.2 Å². The van der Waals surface area contributed by atoms with Crippen molar-refractivity contribution >= 4 is 29.7 Å². The third-order valence-corrected chi connectivity index (χ3v) is 10.5. The maximum Gasteiger partial charge on any atom is 0.264 e. The Morgan fingerprint density at radius 3 is 2.47 bits per heavy atom. The molecular weight excluding hydrogens is 708 g/mol. The zero-order chi connectivity index (χ0) is 39.2. The van der Waals surface area contributed by atoms with E-state index in [0.717, 1.165) is 94.6 Å². The molecule has 0 spiro atoms. The van der Waals surface area contributed by atoms with Gasteiger partial charge in [-0.05, 0) is 86.5 Å². The molecule has 0 bridgehead atoms. The second kappa shape index (κ2) is 17.8. The Morgan fingerprint density at radius 1 is 1.04 bits per heavy atom. The van der Waals surface area contributed by atoms with Crippen LogP contribution < -0.4 is 4.90 Å². The first-order valence-electron chi connectivity index (χ1n) is 18.9. The second-order valence-electron chi connectivity index (χ2n) is 14.6. The number of ether oxygens (including phenoxy) is 2. The van der Waals surface area contributed by atoms with Gasteiger partial charge in [0.1, 0.15) is 29.7 Å². The summed E-state index contributed by atoms with van der Waals surface area (Å²) >= 11 is 0. The van der Waals surface area contributed by atoms with Gasteiger partial charge in [0.15, 0.2) is 5.82 Å². The van der Waals surface area contributed by atoms with Gasteiger partial charge in [0.25, 0.3) is 6.43 Å². The summed E-state index contributed by atoms with van der Waals surface area (Å²) in [6, 6.07) is 9.38. The molecule has 14 heteroatoms. The molecule has 12 nitrogen and oxygen atoms in total. The number of carbonyl (C=O) groups is 2. The highest BCUT2D eigenvalue weighted by molar-refractivity contribution is 5.79. The summed E-state index contributed by atoms with van der Waals surface area (Å²) < 4.78 is 49.4. The van der Waals surface area contributed by atoms with Crippen LogP contribution in [0.4, 0.5) is 20.3 Å². The average Bonchev–Trinajstić information content (AvgIpc) is 3.92. The lowest BCUT2D eigenvalue weighted by molar-refractivity contribution is -0.110. The number of carbonyl (C=O) groups excluding carboxylic acids is 2. The van der Waals surface area contributed by atoms with Crippen LogP contribution in [0.2, 0.25) is 0 Å². The Kier molecular flexibility index (Phi) is 12.9. The molecule has 294 valence electrons. The number of hydrogen-bond acceptors (Lipinski definition) is 10. The lowest BCUT2D eigenvalue weighted by Crippen LogP contribution is -2.30. The molecule has 55 heavy (non-hydrogen) atoms. The van der Waals surface area contributed by atoms with Crippen LogP contribution in [0.25, 0.3) is 28.2 Å². The molecule has 0 amide bonds. The lowest BCUT2D eigenvalue weighted by Gasteiger charge is -2.33. The van der Waals surface area contributed by atoms with E-state index in [9.17, 15) is 13.6 Å². The summed E-state index contributed by atoms with van der Waals surface area (Å²) in [7, 11) is 5.38. The molecular formula is C41H51F2N7O5. The van der Waals surface area contributed by atoms with Gasteiger partial charge in [-0.1, -0.05) is 19.0 Å². The minimum Gasteiger partial charge on any atom is -0.388 e. The number of nitrogens with zero attached hydrogens (tertiary/aromatic N) is 7. The number of imidazole rings is 1. The van der Waals surface area contributed by atoms with Crippen LogP contribution in [0.15, 0.2) is 47.2 Å². The fraction of sp³-hybridized carbons (Fsp3) is 0.488. The number of anilines is 2. The number of rotatable bonds is 8. The van der Waals surface area contributed by atoms with Gasteiger partial charge in [-0.3, -0.25) is 9.08 Å². The maximum absolute atomic E-state index is 15.0. The van der Waals surface area contributed by atoms with Gasteiger partial charge in [0, 0.05) is 88.3 Å². The monoisotopic (exact) mass is 759 g/mol. The van der Waals surface area contributed by atoms with Crippen molar-refractivity contribution < 1.29 is 32.4 Å². The third-order valence-electron chi connectivity index (χ3n) is 10.5. The van der Waals surface area contributed by atoms with Gasteiger partial charge in [-0.25, -0.2) is 13.8 Å². The molecule has 1 aromatic carbocycles. The molecule has 0 saturated carbocycles. The Labute approximate surface area is 320 Å². The SMILES string of the molecule is CC(C)C(C=O)c1cc(-c2cnc3cc(-c4cc5c(cc4C(F)F)N(c4nn(C6CCOCC6)c6c4CN(C)CC6)CCC5)ccn23)no1.CC=O.COC. The fourth-order valence-corrected chi connectivity index (χ4v) is 7.77. The Hall–Kier alpha value is -4.79. The fourth-order valence-electron chi connectivity index (χ4n) is 7.77. The number of alkyl halides is 2. The van der Waals surface area contributed by atoms with Crippen LogP contribution in [-0.2, 0) is 38.4 Å². The maximum atomic E-state index is 15.0. The molecule has 1 fully saturated rings. The van der Waals surface area contributed by atoms with Gasteiger partial charge in [0.2, 0.25) is 0 Å². The lowest BCUT2D eigenvalue weighted by atomic mass is 9.92. The molecule has 0 aliphatic carbocycles. The topological polar surface area (TPSA) is 120 Å². The minimum atomic E-state index is -2.67. The predicted octanol–water partition coefficient (Wildman–Crippen LogP) is 7.62. The van der Waals surface area contributed by atoms with Crippen LogP contribution >= 0.6 is 0 Å². The number of hydrogen-bond donors (Lipinski definition) is 0. The van der Waals surface area contributed by atoms with Crippen molar-refractivity contribution in [1.82, 2.24) is 29.2 Å². The molecule has 1 unspecified atom stereocenters. The molecule has 8 rings (SSSR count). The number of methoxy groups -OCH3 is 1. The third kappa shape index (κ3) is 8.26. The summed E-state index contributed by atoms with van der Waals surface area (Å²) in [5.41, 5.74) is 7.35. The summed E-state index contributed by atoms with van der Waals surface area (Å²) in [6.45, 7) is 9.30. The first kappa shape index (κ1) is 39.9. The molecule has 0 N–H and O–H groups in total. The molecule has 5 aromatic rings. The van der Waals surface area contributed by atoms with Crippen molar-refractivity contribution in [1.29, 1.82) is 0 Å². The normalized spacial score (nSPS) is 16.6. The Morgan fingerprint density at radius 2 is 1.78 bits per heavy atom. The number of halogens is 2.